The van der Waals surface area contributed by atoms with E-state index < -0.39 is 5.91 Å². The van der Waals surface area contributed by atoms with Gasteiger partial charge in [-0.05, 0) is 29.8 Å². The number of aromatic nitrogens is 3. The number of benzene rings is 1. The molecule has 0 spiro atoms. The van der Waals surface area contributed by atoms with Gasteiger partial charge in [-0.15, -0.1) is 0 Å². The highest BCUT2D eigenvalue weighted by atomic mass is 35.5. The highest BCUT2D eigenvalue weighted by Gasteiger charge is 2.14. The normalized spacial score (nSPS) is 10.3. The van der Waals surface area contributed by atoms with E-state index in [9.17, 15) is 9.18 Å². The zero-order chi connectivity index (χ0) is 16.2. The van der Waals surface area contributed by atoms with E-state index in [-0.39, 0.29) is 16.8 Å². The Morgan fingerprint density at radius 2 is 1.91 bits per heavy atom. The smallest absolute Gasteiger partial charge is 0.274 e. The Hall–Kier alpha value is -2.86. The first kappa shape index (κ1) is 15.1. The first-order chi connectivity index (χ1) is 11.1. The summed E-state index contributed by atoms with van der Waals surface area (Å²) in [5.41, 5.74) is 1.36. The van der Waals surface area contributed by atoms with Crippen LogP contribution in [0.4, 0.5) is 10.1 Å². The second-order valence-corrected chi connectivity index (χ2v) is 4.90. The first-order valence-corrected chi connectivity index (χ1v) is 7.02. The van der Waals surface area contributed by atoms with Gasteiger partial charge in [0.2, 0.25) is 5.28 Å². The predicted molar refractivity (Wildman–Crippen MR) is 84.6 cm³/mol. The van der Waals surface area contributed by atoms with Crippen molar-refractivity contribution in [1.82, 2.24) is 15.0 Å². The molecule has 1 amide bonds. The largest absolute Gasteiger partial charge is 0.319 e. The summed E-state index contributed by atoms with van der Waals surface area (Å²) < 4.78 is 14.0. The molecule has 3 rings (SSSR count). The number of hydrogen-bond acceptors (Lipinski definition) is 4. The number of carbonyl (C=O) groups excluding carboxylic acids is 1. The van der Waals surface area contributed by atoms with E-state index >= 15 is 0 Å². The Morgan fingerprint density at radius 1 is 1.09 bits per heavy atom. The molecule has 2 heterocycles. The molecule has 0 aliphatic rings. The van der Waals surface area contributed by atoms with Crippen LogP contribution in [0.3, 0.4) is 0 Å². The molecule has 0 aliphatic heterocycles. The molecule has 0 unspecified atom stereocenters. The highest BCUT2D eigenvalue weighted by molar-refractivity contribution is 6.28. The van der Waals surface area contributed by atoms with Gasteiger partial charge in [0, 0.05) is 23.5 Å². The number of hydrogen-bond donors (Lipinski definition) is 1. The third-order valence-electron chi connectivity index (χ3n) is 3.09. The molecular weight excluding hydrogens is 319 g/mol. The topological polar surface area (TPSA) is 67.8 Å². The van der Waals surface area contributed by atoms with Crippen molar-refractivity contribution in [2.24, 2.45) is 0 Å². The lowest BCUT2D eigenvalue weighted by atomic mass is 10.0. The Balaban J connectivity index is 1.96. The minimum Gasteiger partial charge on any atom is -0.319 e. The predicted octanol–water partition coefficient (Wildman–Crippen LogP) is 3.58. The van der Waals surface area contributed by atoms with E-state index in [1.165, 1.54) is 30.7 Å². The summed E-state index contributed by atoms with van der Waals surface area (Å²) in [6, 6.07) is 9.35. The van der Waals surface area contributed by atoms with Crippen molar-refractivity contribution >= 4 is 23.2 Å². The summed E-state index contributed by atoms with van der Waals surface area (Å²) in [5, 5.41) is 2.63. The molecule has 0 bridgehead atoms. The number of anilines is 1. The summed E-state index contributed by atoms with van der Waals surface area (Å²) in [6.07, 6.45) is 4.35. The van der Waals surface area contributed by atoms with Gasteiger partial charge >= 0.3 is 0 Å². The van der Waals surface area contributed by atoms with E-state index in [1.54, 1.807) is 24.3 Å². The Bertz CT molecular complexity index is 872. The van der Waals surface area contributed by atoms with Crippen molar-refractivity contribution in [3.8, 4) is 11.1 Å². The van der Waals surface area contributed by atoms with E-state index in [0.29, 0.717) is 16.8 Å². The first-order valence-electron chi connectivity index (χ1n) is 6.64. The molecule has 2 aromatic heterocycles. The van der Waals surface area contributed by atoms with E-state index in [0.717, 1.165) is 0 Å². The van der Waals surface area contributed by atoms with Crippen molar-refractivity contribution < 1.29 is 9.18 Å². The fourth-order valence-corrected chi connectivity index (χ4v) is 2.20. The Morgan fingerprint density at radius 3 is 2.70 bits per heavy atom. The standard InChI is InChI=1S/C16H10ClFN4O/c17-16-20-8-6-13(22-16)15(23)21-14-9-19-7-5-11(14)10-3-1-2-4-12(10)18/h1-9H,(H,21,23). The summed E-state index contributed by atoms with van der Waals surface area (Å²) >= 11 is 5.68. The van der Waals surface area contributed by atoms with Gasteiger partial charge in [0.15, 0.2) is 0 Å². The number of pyridine rings is 1. The van der Waals surface area contributed by atoms with Crippen LogP contribution >= 0.6 is 11.6 Å². The number of rotatable bonds is 3. The van der Waals surface area contributed by atoms with E-state index in [1.807, 2.05) is 0 Å². The maximum absolute atomic E-state index is 14.0. The molecule has 5 nitrogen and oxygen atoms in total. The van der Waals surface area contributed by atoms with Crippen LogP contribution in [-0.4, -0.2) is 20.9 Å². The van der Waals surface area contributed by atoms with Crippen molar-refractivity contribution in [1.29, 1.82) is 0 Å². The van der Waals surface area contributed by atoms with Crippen LogP contribution in [0, 0.1) is 5.82 Å². The van der Waals surface area contributed by atoms with Crippen molar-refractivity contribution in [2.45, 2.75) is 0 Å². The van der Waals surface area contributed by atoms with Gasteiger partial charge in [0.1, 0.15) is 11.5 Å². The lowest BCUT2D eigenvalue weighted by Crippen LogP contribution is -2.15. The molecule has 0 fully saturated rings. The van der Waals surface area contributed by atoms with Gasteiger partial charge in [-0.2, -0.15) is 0 Å². The third-order valence-corrected chi connectivity index (χ3v) is 3.27. The average molecular weight is 329 g/mol. The van der Waals surface area contributed by atoms with Crippen LogP contribution in [0.5, 0.6) is 0 Å². The Kier molecular flexibility index (Phi) is 4.25. The minimum atomic E-state index is -0.486. The van der Waals surface area contributed by atoms with Gasteiger partial charge in [-0.25, -0.2) is 14.4 Å². The molecule has 0 aliphatic carbocycles. The Labute approximate surface area is 136 Å². The lowest BCUT2D eigenvalue weighted by molar-refractivity contribution is 0.102. The molecule has 0 radical (unpaired) electrons. The maximum Gasteiger partial charge on any atom is 0.274 e. The van der Waals surface area contributed by atoms with Crippen LogP contribution in [-0.2, 0) is 0 Å². The molecule has 114 valence electrons. The fraction of sp³-hybridized carbons (Fsp3) is 0. The quantitative estimate of drug-likeness (QED) is 0.746. The summed E-state index contributed by atoms with van der Waals surface area (Å²) in [6.45, 7) is 0. The molecule has 0 atom stereocenters. The average Bonchev–Trinajstić information content (AvgIpc) is 2.56. The van der Waals surface area contributed by atoms with Crippen LogP contribution in [0.1, 0.15) is 10.5 Å². The highest BCUT2D eigenvalue weighted by Crippen LogP contribution is 2.29. The van der Waals surface area contributed by atoms with Crippen LogP contribution in [0.25, 0.3) is 11.1 Å². The zero-order valence-corrected chi connectivity index (χ0v) is 12.5. The van der Waals surface area contributed by atoms with E-state index in [2.05, 4.69) is 20.3 Å². The van der Waals surface area contributed by atoms with Gasteiger partial charge in [0.25, 0.3) is 5.91 Å². The molecule has 23 heavy (non-hydrogen) atoms. The number of halogens is 2. The summed E-state index contributed by atoms with van der Waals surface area (Å²) in [7, 11) is 0. The minimum absolute atomic E-state index is 0.0295. The maximum atomic E-state index is 14.0. The van der Waals surface area contributed by atoms with E-state index in [4.69, 9.17) is 11.6 Å². The van der Waals surface area contributed by atoms with Crippen LogP contribution in [0.2, 0.25) is 5.28 Å². The molecule has 1 aromatic carbocycles. The SMILES string of the molecule is O=C(Nc1cnccc1-c1ccccc1F)c1ccnc(Cl)n1. The van der Waals surface area contributed by atoms with Gasteiger partial charge in [-0.3, -0.25) is 9.78 Å². The van der Waals surface area contributed by atoms with Crippen molar-refractivity contribution in [3.63, 3.8) is 0 Å². The van der Waals surface area contributed by atoms with Gasteiger partial charge in [0.05, 0.1) is 11.9 Å². The molecule has 0 saturated carbocycles. The number of amides is 1. The number of nitrogens with one attached hydrogen (secondary N) is 1. The molecular formula is C16H10ClFN4O. The van der Waals surface area contributed by atoms with Gasteiger partial charge in [-0.1, -0.05) is 18.2 Å². The summed E-state index contributed by atoms with van der Waals surface area (Å²) in [4.78, 5) is 23.8. The molecule has 1 N–H and O–H groups in total. The van der Waals surface area contributed by atoms with Gasteiger partial charge < -0.3 is 5.32 Å². The molecule has 7 heteroatoms. The zero-order valence-electron chi connectivity index (χ0n) is 11.7. The molecule has 3 aromatic rings. The fourth-order valence-electron chi connectivity index (χ4n) is 2.06. The van der Waals surface area contributed by atoms with Crippen molar-refractivity contribution in [3.05, 3.63) is 71.8 Å². The molecule has 0 saturated heterocycles. The third kappa shape index (κ3) is 3.32. The summed E-state index contributed by atoms with van der Waals surface area (Å²) in [5.74, 6) is -0.876. The van der Waals surface area contributed by atoms with Crippen LogP contribution in [0.15, 0.2) is 55.0 Å². The second kappa shape index (κ2) is 6.50. The number of nitrogens with zero attached hydrogens (tertiary/aromatic N) is 3. The lowest BCUT2D eigenvalue weighted by Gasteiger charge is -2.11. The van der Waals surface area contributed by atoms with Crippen molar-refractivity contribution in [2.75, 3.05) is 5.32 Å². The second-order valence-electron chi connectivity index (χ2n) is 4.57. The monoisotopic (exact) mass is 328 g/mol. The number of carbonyl (C=O) groups is 1. The van der Waals surface area contributed by atoms with Crippen LogP contribution < -0.4 is 5.32 Å².